The number of aryl methyl sites for hydroxylation is 2. The average Bonchev–Trinajstić information content (AvgIpc) is 2.77. The van der Waals surface area contributed by atoms with Crippen molar-refractivity contribution in [1.82, 2.24) is 20.3 Å². The van der Waals surface area contributed by atoms with Crippen molar-refractivity contribution in [3.63, 3.8) is 0 Å². The Morgan fingerprint density at radius 1 is 1.29 bits per heavy atom. The molecule has 4 nitrogen and oxygen atoms in total. The molecule has 1 aromatic heterocycles. The summed E-state index contributed by atoms with van der Waals surface area (Å²) in [4.78, 5) is 0. The second-order valence-electron chi connectivity index (χ2n) is 4.14. The van der Waals surface area contributed by atoms with Gasteiger partial charge in [0.15, 0.2) is 0 Å². The Kier molecular flexibility index (Phi) is 3.88. The summed E-state index contributed by atoms with van der Waals surface area (Å²) in [5, 5.41) is 11.2. The van der Waals surface area contributed by atoms with Crippen LogP contribution in [0.2, 0.25) is 0 Å². The Hall–Kier alpha value is -1.68. The minimum atomic E-state index is 0.381. The van der Waals surface area contributed by atoms with E-state index in [4.69, 9.17) is 0 Å². The van der Waals surface area contributed by atoms with Gasteiger partial charge in [-0.1, -0.05) is 35.5 Å². The molecule has 1 aromatic carbocycles. The minimum Gasteiger partial charge on any atom is -0.313 e. The third-order valence-corrected chi connectivity index (χ3v) is 3.05. The molecule has 90 valence electrons. The summed E-state index contributed by atoms with van der Waals surface area (Å²) in [5.74, 6) is 0. The van der Waals surface area contributed by atoms with Gasteiger partial charge < -0.3 is 5.32 Å². The van der Waals surface area contributed by atoms with E-state index in [1.54, 1.807) is 0 Å². The van der Waals surface area contributed by atoms with Gasteiger partial charge in [0.2, 0.25) is 0 Å². The first-order chi connectivity index (χ1) is 8.31. The molecule has 0 saturated heterocycles. The van der Waals surface area contributed by atoms with E-state index in [9.17, 15) is 0 Å². The molecular weight excluding hydrogens is 212 g/mol. The number of nitrogens with one attached hydrogen (secondary N) is 1. The second-order valence-corrected chi connectivity index (χ2v) is 4.14. The standard InChI is InChI=1S/C13H18N4/c1-14-13(11-6-4-3-5-7-11)9-8-12-10-15-16-17(12)2/h3-7,10,13-14H,8-9H2,1-2H3. The molecular formula is C13H18N4. The van der Waals surface area contributed by atoms with E-state index in [2.05, 4.69) is 39.9 Å². The van der Waals surface area contributed by atoms with Crippen LogP contribution in [-0.2, 0) is 13.5 Å². The highest BCUT2D eigenvalue weighted by Crippen LogP contribution is 2.17. The molecule has 1 unspecified atom stereocenters. The van der Waals surface area contributed by atoms with Gasteiger partial charge in [-0.15, -0.1) is 5.10 Å². The normalized spacial score (nSPS) is 12.6. The highest BCUT2D eigenvalue weighted by atomic mass is 15.4. The van der Waals surface area contributed by atoms with E-state index in [-0.39, 0.29) is 0 Å². The minimum absolute atomic E-state index is 0.381. The lowest BCUT2D eigenvalue weighted by atomic mass is 10.0. The van der Waals surface area contributed by atoms with E-state index in [1.807, 2.05) is 31.0 Å². The third-order valence-electron chi connectivity index (χ3n) is 3.05. The predicted octanol–water partition coefficient (Wildman–Crippen LogP) is 1.71. The number of benzene rings is 1. The topological polar surface area (TPSA) is 42.7 Å². The molecule has 1 N–H and O–H groups in total. The van der Waals surface area contributed by atoms with Crippen LogP contribution < -0.4 is 5.32 Å². The molecule has 0 bridgehead atoms. The Labute approximate surface area is 102 Å². The van der Waals surface area contributed by atoms with Gasteiger partial charge in [0, 0.05) is 13.1 Å². The third kappa shape index (κ3) is 2.91. The number of hydrogen-bond acceptors (Lipinski definition) is 3. The van der Waals surface area contributed by atoms with Crippen LogP contribution in [0, 0.1) is 0 Å². The van der Waals surface area contributed by atoms with Crippen molar-refractivity contribution in [2.75, 3.05) is 7.05 Å². The molecule has 2 rings (SSSR count). The fourth-order valence-electron chi connectivity index (χ4n) is 1.99. The van der Waals surface area contributed by atoms with Crippen LogP contribution >= 0.6 is 0 Å². The maximum atomic E-state index is 3.94. The first-order valence-corrected chi connectivity index (χ1v) is 5.87. The fourth-order valence-corrected chi connectivity index (χ4v) is 1.99. The molecule has 1 heterocycles. The smallest absolute Gasteiger partial charge is 0.0724 e. The van der Waals surface area contributed by atoms with Crippen LogP contribution in [0.15, 0.2) is 36.5 Å². The highest BCUT2D eigenvalue weighted by Gasteiger charge is 2.10. The van der Waals surface area contributed by atoms with Crippen LogP contribution in [-0.4, -0.2) is 22.0 Å². The van der Waals surface area contributed by atoms with Crippen molar-refractivity contribution in [2.24, 2.45) is 7.05 Å². The Morgan fingerprint density at radius 3 is 2.65 bits per heavy atom. The molecule has 0 fully saturated rings. The molecule has 4 heteroatoms. The number of rotatable bonds is 5. The van der Waals surface area contributed by atoms with Crippen LogP contribution in [0.25, 0.3) is 0 Å². The van der Waals surface area contributed by atoms with Gasteiger partial charge >= 0.3 is 0 Å². The molecule has 0 aliphatic rings. The Bertz CT molecular complexity index is 449. The van der Waals surface area contributed by atoms with Gasteiger partial charge in [-0.05, 0) is 25.5 Å². The first kappa shape index (κ1) is 11.8. The Morgan fingerprint density at radius 2 is 2.06 bits per heavy atom. The van der Waals surface area contributed by atoms with Crippen LogP contribution in [0.3, 0.4) is 0 Å². The maximum Gasteiger partial charge on any atom is 0.0724 e. The first-order valence-electron chi connectivity index (χ1n) is 5.87. The highest BCUT2D eigenvalue weighted by molar-refractivity contribution is 5.19. The van der Waals surface area contributed by atoms with Crippen molar-refractivity contribution in [3.8, 4) is 0 Å². The maximum absolute atomic E-state index is 3.94. The lowest BCUT2D eigenvalue weighted by molar-refractivity contribution is 0.535. The van der Waals surface area contributed by atoms with Crippen LogP contribution in [0.1, 0.15) is 23.7 Å². The SMILES string of the molecule is CNC(CCc1cnnn1C)c1ccccc1. The van der Waals surface area contributed by atoms with Crippen molar-refractivity contribution in [3.05, 3.63) is 47.8 Å². The van der Waals surface area contributed by atoms with Crippen LogP contribution in [0.4, 0.5) is 0 Å². The van der Waals surface area contributed by atoms with Gasteiger partial charge in [0.1, 0.15) is 0 Å². The van der Waals surface area contributed by atoms with Gasteiger partial charge in [0.05, 0.1) is 11.9 Å². The van der Waals surface area contributed by atoms with E-state index in [1.165, 1.54) is 11.3 Å². The van der Waals surface area contributed by atoms with Crippen LogP contribution in [0.5, 0.6) is 0 Å². The zero-order chi connectivity index (χ0) is 12.1. The van der Waals surface area contributed by atoms with Crippen molar-refractivity contribution in [1.29, 1.82) is 0 Å². The predicted molar refractivity (Wildman–Crippen MR) is 67.6 cm³/mol. The zero-order valence-electron chi connectivity index (χ0n) is 10.3. The van der Waals surface area contributed by atoms with E-state index in [0.29, 0.717) is 6.04 Å². The lowest BCUT2D eigenvalue weighted by Crippen LogP contribution is -2.17. The summed E-state index contributed by atoms with van der Waals surface area (Å²) in [6, 6.07) is 10.9. The molecule has 1 atom stereocenters. The largest absolute Gasteiger partial charge is 0.313 e. The van der Waals surface area contributed by atoms with Crippen molar-refractivity contribution < 1.29 is 0 Å². The molecule has 0 spiro atoms. The molecule has 17 heavy (non-hydrogen) atoms. The Balaban J connectivity index is 1.99. The summed E-state index contributed by atoms with van der Waals surface area (Å²) >= 11 is 0. The number of aromatic nitrogens is 3. The van der Waals surface area contributed by atoms with E-state index in [0.717, 1.165) is 12.8 Å². The van der Waals surface area contributed by atoms with Gasteiger partial charge in [-0.3, -0.25) is 4.68 Å². The molecule has 0 aliphatic heterocycles. The lowest BCUT2D eigenvalue weighted by Gasteiger charge is -2.16. The van der Waals surface area contributed by atoms with E-state index < -0.39 is 0 Å². The molecule has 0 aliphatic carbocycles. The summed E-state index contributed by atoms with van der Waals surface area (Å²) in [5.41, 5.74) is 2.49. The zero-order valence-corrected chi connectivity index (χ0v) is 10.3. The van der Waals surface area contributed by atoms with Crippen molar-refractivity contribution >= 4 is 0 Å². The van der Waals surface area contributed by atoms with Gasteiger partial charge in [-0.2, -0.15) is 0 Å². The van der Waals surface area contributed by atoms with E-state index >= 15 is 0 Å². The quantitative estimate of drug-likeness (QED) is 0.850. The van der Waals surface area contributed by atoms with Gasteiger partial charge in [0.25, 0.3) is 0 Å². The fraction of sp³-hybridized carbons (Fsp3) is 0.385. The summed E-state index contributed by atoms with van der Waals surface area (Å²) in [6.07, 6.45) is 3.85. The summed E-state index contributed by atoms with van der Waals surface area (Å²) in [7, 11) is 3.93. The van der Waals surface area contributed by atoms with Gasteiger partial charge in [-0.25, -0.2) is 0 Å². The van der Waals surface area contributed by atoms with Crippen molar-refractivity contribution in [2.45, 2.75) is 18.9 Å². The summed E-state index contributed by atoms with van der Waals surface area (Å²) in [6.45, 7) is 0. The number of nitrogens with zero attached hydrogens (tertiary/aromatic N) is 3. The average molecular weight is 230 g/mol. The molecule has 0 saturated carbocycles. The monoisotopic (exact) mass is 230 g/mol. The second kappa shape index (κ2) is 5.59. The molecule has 0 radical (unpaired) electrons. The summed E-state index contributed by atoms with van der Waals surface area (Å²) < 4.78 is 1.83. The molecule has 2 aromatic rings. The molecule has 0 amide bonds. The number of hydrogen-bond donors (Lipinski definition) is 1.